The first-order valence-electron chi connectivity index (χ1n) is 6.46. The van der Waals surface area contributed by atoms with Gasteiger partial charge in [0.15, 0.2) is 0 Å². The third kappa shape index (κ3) is 3.95. The van der Waals surface area contributed by atoms with Gasteiger partial charge in [0, 0.05) is 11.1 Å². The number of hydrogen-bond donors (Lipinski definition) is 1. The van der Waals surface area contributed by atoms with Crippen LogP contribution in [-0.2, 0) is 15.9 Å². The summed E-state index contributed by atoms with van der Waals surface area (Å²) < 4.78 is 11.3. The quantitative estimate of drug-likeness (QED) is 0.890. The Bertz CT molecular complexity index is 367. The Morgan fingerprint density at radius 3 is 3.00 bits per heavy atom. The summed E-state index contributed by atoms with van der Waals surface area (Å²) in [6.07, 6.45) is 1.03. The molecule has 0 saturated carbocycles. The van der Waals surface area contributed by atoms with E-state index in [1.54, 1.807) is 0 Å². The lowest BCUT2D eigenvalue weighted by Gasteiger charge is -2.31. The van der Waals surface area contributed by atoms with Crippen molar-refractivity contribution in [3.8, 4) is 0 Å². The maximum Gasteiger partial charge on any atom is 0.0965 e. The summed E-state index contributed by atoms with van der Waals surface area (Å²) in [7, 11) is 0. The largest absolute Gasteiger partial charge is 0.376 e. The van der Waals surface area contributed by atoms with Crippen LogP contribution in [-0.4, -0.2) is 38.5 Å². The number of likely N-dealkylation sites (N-methyl/N-ethyl adjacent to an activating group) is 1. The first kappa shape index (κ1) is 13.8. The smallest absolute Gasteiger partial charge is 0.0965 e. The highest BCUT2D eigenvalue weighted by atomic mass is 35.5. The second kappa shape index (κ2) is 7.10. The molecule has 1 aromatic rings. The molecule has 1 aliphatic heterocycles. The molecule has 1 aliphatic rings. The molecule has 4 heteroatoms. The summed E-state index contributed by atoms with van der Waals surface area (Å²) in [6.45, 7) is 5.08. The first-order chi connectivity index (χ1) is 8.79. The molecule has 3 nitrogen and oxygen atoms in total. The van der Waals surface area contributed by atoms with E-state index < -0.39 is 0 Å². The van der Waals surface area contributed by atoms with Gasteiger partial charge < -0.3 is 14.8 Å². The third-order valence-electron chi connectivity index (χ3n) is 3.10. The molecule has 0 aliphatic carbocycles. The van der Waals surface area contributed by atoms with Gasteiger partial charge in [-0.3, -0.25) is 0 Å². The van der Waals surface area contributed by atoms with E-state index in [9.17, 15) is 0 Å². The van der Waals surface area contributed by atoms with Crippen LogP contribution in [0.2, 0.25) is 5.02 Å². The molecular formula is C14H20ClNO2. The second-order valence-corrected chi connectivity index (χ2v) is 4.92. The Balaban J connectivity index is 2.00. The van der Waals surface area contributed by atoms with Crippen molar-refractivity contribution in [1.29, 1.82) is 0 Å². The maximum absolute atomic E-state index is 6.01. The molecule has 18 heavy (non-hydrogen) atoms. The third-order valence-corrected chi connectivity index (χ3v) is 3.34. The molecule has 1 fully saturated rings. The van der Waals surface area contributed by atoms with Crippen molar-refractivity contribution in [3.05, 3.63) is 34.9 Å². The first-order valence-corrected chi connectivity index (χ1v) is 6.84. The van der Waals surface area contributed by atoms with E-state index in [0.717, 1.165) is 18.0 Å². The minimum absolute atomic E-state index is 0.123. The summed E-state index contributed by atoms with van der Waals surface area (Å²) in [5.74, 6) is 0. The number of halogens is 1. The van der Waals surface area contributed by atoms with Crippen molar-refractivity contribution < 1.29 is 9.47 Å². The molecule has 1 N–H and O–H groups in total. The van der Waals surface area contributed by atoms with Crippen LogP contribution in [0.3, 0.4) is 0 Å². The van der Waals surface area contributed by atoms with Crippen molar-refractivity contribution >= 4 is 11.6 Å². The minimum Gasteiger partial charge on any atom is -0.376 e. The molecule has 2 atom stereocenters. The minimum atomic E-state index is 0.123. The van der Waals surface area contributed by atoms with Crippen molar-refractivity contribution in [2.24, 2.45) is 0 Å². The van der Waals surface area contributed by atoms with Gasteiger partial charge >= 0.3 is 0 Å². The number of hydrogen-bond acceptors (Lipinski definition) is 3. The van der Waals surface area contributed by atoms with Gasteiger partial charge in [-0.1, -0.05) is 30.7 Å². The fourth-order valence-electron chi connectivity index (χ4n) is 2.25. The van der Waals surface area contributed by atoms with E-state index in [0.29, 0.717) is 19.8 Å². The van der Waals surface area contributed by atoms with Crippen molar-refractivity contribution in [2.45, 2.75) is 25.5 Å². The van der Waals surface area contributed by atoms with Crippen LogP contribution in [0.15, 0.2) is 24.3 Å². The van der Waals surface area contributed by atoms with E-state index in [4.69, 9.17) is 21.1 Å². The topological polar surface area (TPSA) is 30.5 Å². The standard InChI is InChI=1S/C14H20ClNO2/c1-2-16-13(14-10-17-6-7-18-14)9-11-4-3-5-12(15)8-11/h3-5,8,13-14,16H,2,6-7,9-10H2,1H3. The maximum atomic E-state index is 6.01. The highest BCUT2D eigenvalue weighted by Gasteiger charge is 2.24. The van der Waals surface area contributed by atoms with Gasteiger partial charge in [-0.05, 0) is 30.7 Å². The molecule has 0 bridgehead atoms. The van der Waals surface area contributed by atoms with Crippen molar-refractivity contribution in [2.75, 3.05) is 26.4 Å². The number of benzene rings is 1. The zero-order valence-corrected chi connectivity index (χ0v) is 11.5. The van der Waals surface area contributed by atoms with Crippen LogP contribution in [0.25, 0.3) is 0 Å². The molecule has 0 radical (unpaired) electrons. The molecule has 2 rings (SSSR count). The summed E-state index contributed by atoms with van der Waals surface area (Å²) >= 11 is 6.01. The van der Waals surface area contributed by atoms with Crippen LogP contribution in [0.4, 0.5) is 0 Å². The van der Waals surface area contributed by atoms with Gasteiger partial charge in [0.25, 0.3) is 0 Å². The average molecular weight is 270 g/mol. The van der Waals surface area contributed by atoms with Gasteiger partial charge in [0.1, 0.15) is 0 Å². The fraction of sp³-hybridized carbons (Fsp3) is 0.571. The Hall–Kier alpha value is -0.610. The van der Waals surface area contributed by atoms with E-state index in [2.05, 4.69) is 18.3 Å². The summed E-state index contributed by atoms with van der Waals surface area (Å²) in [5.41, 5.74) is 1.22. The summed E-state index contributed by atoms with van der Waals surface area (Å²) in [5, 5.41) is 4.25. The van der Waals surface area contributed by atoms with Crippen LogP contribution >= 0.6 is 11.6 Å². The second-order valence-electron chi connectivity index (χ2n) is 4.48. The summed E-state index contributed by atoms with van der Waals surface area (Å²) in [4.78, 5) is 0. The van der Waals surface area contributed by atoms with Crippen LogP contribution in [0.5, 0.6) is 0 Å². The van der Waals surface area contributed by atoms with Gasteiger partial charge in [-0.15, -0.1) is 0 Å². The molecule has 0 spiro atoms. The molecule has 2 unspecified atom stereocenters. The predicted octanol–water partition coefficient (Wildman–Crippen LogP) is 2.28. The van der Waals surface area contributed by atoms with Gasteiger partial charge in [0.05, 0.1) is 25.9 Å². The normalized spacial score (nSPS) is 21.8. The molecule has 0 amide bonds. The molecule has 1 heterocycles. The van der Waals surface area contributed by atoms with Gasteiger partial charge in [-0.25, -0.2) is 0 Å². The Labute approximate surface area is 113 Å². The molecule has 100 valence electrons. The van der Waals surface area contributed by atoms with E-state index in [-0.39, 0.29) is 12.1 Å². The highest BCUT2D eigenvalue weighted by molar-refractivity contribution is 6.30. The molecule has 1 aromatic carbocycles. The highest BCUT2D eigenvalue weighted by Crippen LogP contribution is 2.15. The van der Waals surface area contributed by atoms with E-state index in [1.807, 2.05) is 18.2 Å². The zero-order valence-electron chi connectivity index (χ0n) is 10.7. The summed E-state index contributed by atoms with van der Waals surface area (Å²) in [6, 6.07) is 8.26. The van der Waals surface area contributed by atoms with Crippen LogP contribution in [0.1, 0.15) is 12.5 Å². The number of rotatable bonds is 5. The van der Waals surface area contributed by atoms with Crippen molar-refractivity contribution in [1.82, 2.24) is 5.32 Å². The molecular weight excluding hydrogens is 250 g/mol. The number of ether oxygens (including phenoxy) is 2. The monoisotopic (exact) mass is 269 g/mol. The lowest BCUT2D eigenvalue weighted by atomic mass is 10.0. The zero-order chi connectivity index (χ0) is 12.8. The van der Waals surface area contributed by atoms with Gasteiger partial charge in [-0.2, -0.15) is 0 Å². The predicted molar refractivity (Wildman–Crippen MR) is 73.2 cm³/mol. The van der Waals surface area contributed by atoms with E-state index >= 15 is 0 Å². The SMILES string of the molecule is CCNC(Cc1cccc(Cl)c1)C1COCCO1. The van der Waals surface area contributed by atoms with E-state index in [1.165, 1.54) is 5.56 Å². The van der Waals surface area contributed by atoms with Crippen molar-refractivity contribution in [3.63, 3.8) is 0 Å². The Morgan fingerprint density at radius 1 is 1.44 bits per heavy atom. The fourth-order valence-corrected chi connectivity index (χ4v) is 2.47. The molecule has 1 saturated heterocycles. The Morgan fingerprint density at radius 2 is 2.33 bits per heavy atom. The molecule has 0 aromatic heterocycles. The number of nitrogens with one attached hydrogen (secondary N) is 1. The van der Waals surface area contributed by atoms with Crippen LogP contribution in [0, 0.1) is 0 Å². The van der Waals surface area contributed by atoms with Crippen LogP contribution < -0.4 is 5.32 Å². The van der Waals surface area contributed by atoms with Gasteiger partial charge in [0.2, 0.25) is 0 Å². The lowest BCUT2D eigenvalue weighted by Crippen LogP contribution is -2.47. The average Bonchev–Trinajstić information content (AvgIpc) is 2.39. The lowest BCUT2D eigenvalue weighted by molar-refractivity contribution is -0.101. The Kier molecular flexibility index (Phi) is 5.45.